The molecule has 0 bridgehead atoms. The second kappa shape index (κ2) is 4.71. The normalized spacial score (nSPS) is 12.8. The van der Waals surface area contributed by atoms with Gasteiger partial charge >= 0.3 is 0 Å². The molecular weight excluding hydrogens is 256 g/mol. The highest BCUT2D eigenvalue weighted by Crippen LogP contribution is 2.28. The summed E-state index contributed by atoms with van der Waals surface area (Å²) in [7, 11) is 0. The van der Waals surface area contributed by atoms with Gasteiger partial charge in [0.1, 0.15) is 11.2 Å². The number of aryl methyl sites for hydroxylation is 2. The molecule has 0 spiro atoms. The molecular formula is C16H15ClN2. The molecule has 1 N–H and O–H groups in total. The Kier molecular flexibility index (Phi) is 3.03. The lowest BCUT2D eigenvalue weighted by molar-refractivity contribution is 1.00. The molecule has 0 saturated carbocycles. The second-order valence-electron chi connectivity index (χ2n) is 4.85. The van der Waals surface area contributed by atoms with Crippen LogP contribution in [0.25, 0.3) is 11.0 Å². The van der Waals surface area contributed by atoms with Crippen molar-refractivity contribution >= 4 is 22.6 Å². The van der Waals surface area contributed by atoms with Gasteiger partial charge in [0.05, 0.1) is 11.0 Å². The van der Waals surface area contributed by atoms with Gasteiger partial charge in [0.2, 0.25) is 0 Å². The zero-order valence-electron chi connectivity index (χ0n) is 10.9. The van der Waals surface area contributed by atoms with Crippen LogP contribution in [0.15, 0.2) is 42.5 Å². The Bertz CT molecular complexity index is 677. The van der Waals surface area contributed by atoms with Crippen LogP contribution in [0.5, 0.6) is 0 Å². The van der Waals surface area contributed by atoms with E-state index in [0.717, 1.165) is 22.4 Å². The standard InChI is InChI=1S/C16H15ClN2/c1-10-8-13-14(9-11(10)2)19-16(18-13)15(17)12-6-4-3-5-7-12/h3-9,15H,1-2H3,(H,18,19). The third kappa shape index (κ3) is 2.24. The lowest BCUT2D eigenvalue weighted by Crippen LogP contribution is -1.94. The molecule has 0 amide bonds. The molecule has 96 valence electrons. The molecule has 0 fully saturated rings. The molecule has 3 aromatic rings. The van der Waals surface area contributed by atoms with E-state index in [1.165, 1.54) is 11.1 Å². The molecule has 0 aliphatic rings. The molecule has 1 aromatic heterocycles. The molecule has 1 heterocycles. The minimum atomic E-state index is -0.241. The number of hydrogen-bond acceptors (Lipinski definition) is 1. The summed E-state index contributed by atoms with van der Waals surface area (Å²) in [6, 6.07) is 14.2. The minimum Gasteiger partial charge on any atom is -0.340 e. The van der Waals surface area contributed by atoms with Crippen LogP contribution in [0.1, 0.15) is 27.9 Å². The lowest BCUT2D eigenvalue weighted by atomic mass is 10.1. The number of H-pyrrole nitrogens is 1. The fourth-order valence-corrected chi connectivity index (χ4v) is 2.44. The Morgan fingerprint density at radius 2 is 1.74 bits per heavy atom. The van der Waals surface area contributed by atoms with Crippen molar-refractivity contribution in [3.8, 4) is 0 Å². The maximum absolute atomic E-state index is 6.49. The number of hydrogen-bond donors (Lipinski definition) is 1. The van der Waals surface area contributed by atoms with Gasteiger partial charge in [-0.05, 0) is 42.7 Å². The predicted octanol–water partition coefficient (Wildman–Crippen LogP) is 4.51. The molecule has 2 aromatic carbocycles. The van der Waals surface area contributed by atoms with Crippen molar-refractivity contribution in [2.75, 3.05) is 0 Å². The van der Waals surface area contributed by atoms with E-state index in [0.29, 0.717) is 0 Å². The Hall–Kier alpha value is -1.80. The van der Waals surface area contributed by atoms with Crippen LogP contribution >= 0.6 is 11.6 Å². The van der Waals surface area contributed by atoms with Crippen LogP contribution in [0.3, 0.4) is 0 Å². The van der Waals surface area contributed by atoms with Crippen molar-refractivity contribution in [1.29, 1.82) is 0 Å². The summed E-state index contributed by atoms with van der Waals surface area (Å²) in [5, 5.41) is -0.241. The quantitative estimate of drug-likeness (QED) is 0.682. The molecule has 0 radical (unpaired) electrons. The number of alkyl halides is 1. The highest BCUT2D eigenvalue weighted by Gasteiger charge is 2.15. The summed E-state index contributed by atoms with van der Waals surface area (Å²) in [5.41, 5.74) is 5.57. The third-order valence-electron chi connectivity index (χ3n) is 3.45. The number of nitrogens with zero attached hydrogens (tertiary/aromatic N) is 1. The van der Waals surface area contributed by atoms with Crippen LogP contribution in [-0.4, -0.2) is 9.97 Å². The van der Waals surface area contributed by atoms with Crippen LogP contribution in [-0.2, 0) is 0 Å². The van der Waals surface area contributed by atoms with Crippen LogP contribution in [0, 0.1) is 13.8 Å². The zero-order chi connectivity index (χ0) is 13.4. The Labute approximate surface area is 117 Å². The highest BCUT2D eigenvalue weighted by atomic mass is 35.5. The van der Waals surface area contributed by atoms with E-state index >= 15 is 0 Å². The molecule has 1 atom stereocenters. The molecule has 0 aliphatic heterocycles. The minimum absolute atomic E-state index is 0.241. The fourth-order valence-electron chi connectivity index (χ4n) is 2.19. The summed E-state index contributed by atoms with van der Waals surface area (Å²) in [6.07, 6.45) is 0. The van der Waals surface area contributed by atoms with E-state index in [-0.39, 0.29) is 5.38 Å². The number of nitrogens with one attached hydrogen (secondary N) is 1. The number of aromatic nitrogens is 2. The van der Waals surface area contributed by atoms with E-state index in [1.54, 1.807) is 0 Å². The predicted molar refractivity (Wildman–Crippen MR) is 79.7 cm³/mol. The summed E-state index contributed by atoms with van der Waals surface area (Å²) in [4.78, 5) is 7.92. The maximum atomic E-state index is 6.49. The molecule has 2 nitrogen and oxygen atoms in total. The molecule has 0 saturated heterocycles. The number of aromatic amines is 1. The van der Waals surface area contributed by atoms with Gasteiger partial charge in [-0.1, -0.05) is 30.3 Å². The first-order chi connectivity index (χ1) is 9.15. The topological polar surface area (TPSA) is 28.7 Å². The van der Waals surface area contributed by atoms with E-state index in [1.807, 2.05) is 30.3 Å². The number of halogens is 1. The molecule has 0 aliphatic carbocycles. The van der Waals surface area contributed by atoms with Crippen molar-refractivity contribution in [3.63, 3.8) is 0 Å². The first-order valence-corrected chi connectivity index (χ1v) is 6.74. The Balaban J connectivity index is 2.06. The monoisotopic (exact) mass is 270 g/mol. The smallest absolute Gasteiger partial charge is 0.129 e. The molecule has 3 rings (SSSR count). The van der Waals surface area contributed by atoms with Crippen LogP contribution in [0.2, 0.25) is 0 Å². The first kappa shape index (κ1) is 12.2. The summed E-state index contributed by atoms with van der Waals surface area (Å²) < 4.78 is 0. The second-order valence-corrected chi connectivity index (χ2v) is 5.29. The molecule has 1 unspecified atom stereocenters. The molecule has 19 heavy (non-hydrogen) atoms. The van der Waals surface area contributed by atoms with Gasteiger partial charge in [-0.25, -0.2) is 4.98 Å². The van der Waals surface area contributed by atoms with E-state index < -0.39 is 0 Å². The molecule has 3 heteroatoms. The van der Waals surface area contributed by atoms with Gasteiger partial charge in [-0.2, -0.15) is 0 Å². The first-order valence-electron chi connectivity index (χ1n) is 6.31. The maximum Gasteiger partial charge on any atom is 0.129 e. The van der Waals surface area contributed by atoms with Gasteiger partial charge in [0, 0.05) is 0 Å². The number of imidazole rings is 1. The number of fused-ring (bicyclic) bond motifs is 1. The van der Waals surface area contributed by atoms with Crippen molar-refractivity contribution in [1.82, 2.24) is 9.97 Å². The van der Waals surface area contributed by atoms with Gasteiger partial charge < -0.3 is 4.98 Å². The van der Waals surface area contributed by atoms with Crippen molar-refractivity contribution in [2.24, 2.45) is 0 Å². The van der Waals surface area contributed by atoms with Crippen LogP contribution in [0.4, 0.5) is 0 Å². The average Bonchev–Trinajstić information content (AvgIpc) is 2.82. The lowest BCUT2D eigenvalue weighted by Gasteiger charge is -2.05. The fraction of sp³-hybridized carbons (Fsp3) is 0.188. The highest BCUT2D eigenvalue weighted by molar-refractivity contribution is 6.22. The number of benzene rings is 2. The SMILES string of the molecule is Cc1cc2nc(C(Cl)c3ccccc3)[nH]c2cc1C. The zero-order valence-corrected chi connectivity index (χ0v) is 11.7. The van der Waals surface area contributed by atoms with Crippen molar-refractivity contribution in [3.05, 3.63) is 65.0 Å². The van der Waals surface area contributed by atoms with Crippen LogP contribution < -0.4 is 0 Å². The van der Waals surface area contributed by atoms with Crippen molar-refractivity contribution in [2.45, 2.75) is 19.2 Å². The summed E-state index contributed by atoms with van der Waals surface area (Å²) in [6.45, 7) is 4.20. The van der Waals surface area contributed by atoms with Gasteiger partial charge in [-0.3, -0.25) is 0 Å². The number of rotatable bonds is 2. The third-order valence-corrected chi connectivity index (χ3v) is 3.91. The summed E-state index contributed by atoms with van der Waals surface area (Å²) in [5.74, 6) is 0.799. The summed E-state index contributed by atoms with van der Waals surface area (Å²) >= 11 is 6.49. The van der Waals surface area contributed by atoms with Gasteiger partial charge in [0.25, 0.3) is 0 Å². The van der Waals surface area contributed by atoms with Gasteiger partial charge in [0.15, 0.2) is 0 Å². The van der Waals surface area contributed by atoms with E-state index in [2.05, 4.69) is 35.9 Å². The van der Waals surface area contributed by atoms with Crippen molar-refractivity contribution < 1.29 is 0 Å². The Morgan fingerprint density at radius 1 is 1.05 bits per heavy atom. The largest absolute Gasteiger partial charge is 0.340 e. The average molecular weight is 271 g/mol. The van der Waals surface area contributed by atoms with E-state index in [9.17, 15) is 0 Å². The Morgan fingerprint density at radius 3 is 2.47 bits per heavy atom. The van der Waals surface area contributed by atoms with Gasteiger partial charge in [-0.15, -0.1) is 11.6 Å². The van der Waals surface area contributed by atoms with E-state index in [4.69, 9.17) is 11.6 Å².